The van der Waals surface area contributed by atoms with Crippen LogP contribution in [0.1, 0.15) is 19.8 Å². The first kappa shape index (κ1) is 24.2. The molecule has 0 saturated carbocycles. The number of fused-ring (bicyclic) bond motifs is 1. The number of nitrogens with one attached hydrogen (secondary N) is 2. The Morgan fingerprint density at radius 3 is 2.56 bits per heavy atom. The van der Waals surface area contributed by atoms with Crippen LogP contribution < -0.4 is 20.1 Å². The van der Waals surface area contributed by atoms with Gasteiger partial charge in [-0.3, -0.25) is 9.59 Å². The smallest absolute Gasteiger partial charge is 0.237 e. The highest BCUT2D eigenvalue weighted by molar-refractivity contribution is 8.01. The van der Waals surface area contributed by atoms with E-state index in [9.17, 15) is 18.0 Å². The first-order chi connectivity index (χ1) is 15.2. The molecule has 1 heterocycles. The number of hydrogen-bond donors (Lipinski definition) is 2. The molecule has 2 aromatic rings. The summed E-state index contributed by atoms with van der Waals surface area (Å²) in [5.74, 6) is -0.350. The van der Waals surface area contributed by atoms with Crippen LogP contribution in [0, 0.1) is 0 Å². The zero-order chi connectivity index (χ0) is 23.5. The highest BCUT2D eigenvalue weighted by Crippen LogP contribution is 2.38. The minimum Gasteiger partial charge on any atom is -0.495 e. The number of ether oxygens (including phenoxy) is 2. The average molecular weight is 499 g/mol. The molecule has 0 fully saturated rings. The second kappa shape index (κ2) is 10.0. The summed E-state index contributed by atoms with van der Waals surface area (Å²) in [6.07, 6.45) is 0.403. The van der Waals surface area contributed by atoms with Gasteiger partial charge in [0.2, 0.25) is 11.8 Å². The van der Waals surface area contributed by atoms with Crippen LogP contribution in [0.4, 0.5) is 11.4 Å². The van der Waals surface area contributed by atoms with E-state index in [0.29, 0.717) is 29.3 Å². The molecule has 0 radical (unpaired) electrons. The lowest BCUT2D eigenvalue weighted by atomic mass is 10.2. The van der Waals surface area contributed by atoms with Crippen LogP contribution in [-0.4, -0.2) is 45.5 Å². The van der Waals surface area contributed by atoms with Crippen molar-refractivity contribution < 1.29 is 27.5 Å². The van der Waals surface area contributed by atoms with Gasteiger partial charge in [0, 0.05) is 17.4 Å². The molecule has 0 saturated heterocycles. The van der Waals surface area contributed by atoms with Gasteiger partial charge in [-0.1, -0.05) is 18.5 Å². The fourth-order valence-electron chi connectivity index (χ4n) is 3.11. The van der Waals surface area contributed by atoms with E-state index >= 15 is 0 Å². The number of benzene rings is 2. The van der Waals surface area contributed by atoms with Crippen LogP contribution in [0.2, 0.25) is 5.02 Å². The van der Waals surface area contributed by atoms with Crippen molar-refractivity contribution >= 4 is 56.4 Å². The van der Waals surface area contributed by atoms with E-state index in [1.54, 1.807) is 6.07 Å². The summed E-state index contributed by atoms with van der Waals surface area (Å²) < 4.78 is 35.9. The van der Waals surface area contributed by atoms with Gasteiger partial charge in [-0.05, 0) is 30.7 Å². The van der Waals surface area contributed by atoms with E-state index in [2.05, 4.69) is 10.6 Å². The van der Waals surface area contributed by atoms with Crippen molar-refractivity contribution in [3.8, 4) is 11.5 Å². The van der Waals surface area contributed by atoms with Crippen molar-refractivity contribution in [2.24, 2.45) is 0 Å². The summed E-state index contributed by atoms with van der Waals surface area (Å²) in [4.78, 5) is 25.4. The summed E-state index contributed by atoms with van der Waals surface area (Å²) >= 11 is 7.51. The van der Waals surface area contributed by atoms with Crippen LogP contribution >= 0.6 is 23.4 Å². The molecule has 0 aromatic heterocycles. The molecule has 11 heteroatoms. The molecule has 0 aliphatic carbocycles. The Kier molecular flexibility index (Phi) is 7.58. The molecule has 1 aliphatic rings. The minimum absolute atomic E-state index is 0.0463. The van der Waals surface area contributed by atoms with E-state index in [-0.39, 0.29) is 27.5 Å². The largest absolute Gasteiger partial charge is 0.495 e. The van der Waals surface area contributed by atoms with Gasteiger partial charge in [-0.15, -0.1) is 11.8 Å². The molecule has 2 N–H and O–H groups in total. The number of hydrogen-bond acceptors (Lipinski definition) is 7. The Bertz CT molecular complexity index is 1150. The number of carbonyl (C=O) groups is 2. The molecule has 1 aliphatic heterocycles. The van der Waals surface area contributed by atoms with Gasteiger partial charge in [0.15, 0.2) is 9.84 Å². The van der Waals surface area contributed by atoms with Crippen LogP contribution in [-0.2, 0) is 19.4 Å². The average Bonchev–Trinajstić information content (AvgIpc) is 2.77. The predicted octanol–water partition coefficient (Wildman–Crippen LogP) is 3.98. The molecule has 2 amide bonds. The molecule has 3 rings (SSSR count). The zero-order valence-electron chi connectivity index (χ0n) is 17.7. The standard InChI is InChI=1S/C21H23ClN2O6S2/c1-4-18-21(26)24-15-9-12(5-6-19(15)31-18)32(27,28)8-7-20(25)23-14-10-13(22)16(29-2)11-17(14)30-3/h5-6,9-11,18H,4,7-8H2,1-3H3,(H,23,25)(H,24,26)/t18-/m1/s1. The first-order valence-corrected chi connectivity index (χ1v) is 12.6. The number of sulfone groups is 1. The van der Waals surface area contributed by atoms with Gasteiger partial charge < -0.3 is 20.1 Å². The van der Waals surface area contributed by atoms with E-state index in [4.69, 9.17) is 21.1 Å². The van der Waals surface area contributed by atoms with E-state index in [0.717, 1.165) is 4.90 Å². The van der Waals surface area contributed by atoms with Crippen LogP contribution in [0.25, 0.3) is 0 Å². The predicted molar refractivity (Wildman–Crippen MR) is 125 cm³/mol. The highest BCUT2D eigenvalue weighted by atomic mass is 35.5. The first-order valence-electron chi connectivity index (χ1n) is 9.74. The zero-order valence-corrected chi connectivity index (χ0v) is 20.1. The molecule has 32 heavy (non-hydrogen) atoms. The van der Waals surface area contributed by atoms with Crippen molar-refractivity contribution in [1.29, 1.82) is 0 Å². The summed E-state index contributed by atoms with van der Waals surface area (Å²) in [5, 5.41) is 5.45. The minimum atomic E-state index is -3.75. The summed E-state index contributed by atoms with van der Waals surface area (Å²) in [6.45, 7) is 1.92. The number of halogens is 1. The normalized spacial score (nSPS) is 15.5. The lowest BCUT2D eigenvalue weighted by Gasteiger charge is -2.23. The molecular weight excluding hydrogens is 476 g/mol. The van der Waals surface area contributed by atoms with Crippen molar-refractivity contribution in [3.05, 3.63) is 35.4 Å². The van der Waals surface area contributed by atoms with Gasteiger partial charge >= 0.3 is 0 Å². The lowest BCUT2D eigenvalue weighted by Crippen LogP contribution is -2.28. The highest BCUT2D eigenvalue weighted by Gasteiger charge is 2.27. The Morgan fingerprint density at radius 1 is 1.19 bits per heavy atom. The third kappa shape index (κ3) is 5.31. The monoisotopic (exact) mass is 498 g/mol. The van der Waals surface area contributed by atoms with Crippen LogP contribution in [0.15, 0.2) is 40.1 Å². The lowest BCUT2D eigenvalue weighted by molar-refractivity contribution is -0.116. The molecule has 2 aromatic carbocycles. The third-order valence-corrected chi connectivity index (χ3v) is 8.30. The van der Waals surface area contributed by atoms with Crippen molar-refractivity contribution in [1.82, 2.24) is 0 Å². The van der Waals surface area contributed by atoms with Crippen LogP contribution in [0.5, 0.6) is 11.5 Å². The number of methoxy groups -OCH3 is 2. The Balaban J connectivity index is 1.69. The molecule has 0 unspecified atom stereocenters. The second-order valence-electron chi connectivity index (χ2n) is 6.97. The number of amides is 2. The summed E-state index contributed by atoms with van der Waals surface area (Å²) in [5.41, 5.74) is 0.771. The van der Waals surface area contributed by atoms with Crippen molar-refractivity contribution in [3.63, 3.8) is 0 Å². The SMILES string of the molecule is CC[C@H]1Sc2ccc(S(=O)(=O)CCC(=O)Nc3cc(Cl)c(OC)cc3OC)cc2NC1=O. The molecular formula is C21H23ClN2O6S2. The van der Waals surface area contributed by atoms with Gasteiger partial charge in [0.25, 0.3) is 0 Å². The molecule has 0 bridgehead atoms. The quantitative estimate of drug-likeness (QED) is 0.566. The van der Waals surface area contributed by atoms with E-state index < -0.39 is 21.5 Å². The topological polar surface area (TPSA) is 111 Å². The number of rotatable bonds is 8. The fourth-order valence-corrected chi connectivity index (χ4v) is 5.63. The number of anilines is 2. The Hall–Kier alpha value is -2.43. The van der Waals surface area contributed by atoms with E-state index in [1.165, 1.54) is 50.2 Å². The van der Waals surface area contributed by atoms with Crippen molar-refractivity contribution in [2.45, 2.75) is 34.8 Å². The fraction of sp³-hybridized carbons (Fsp3) is 0.333. The molecule has 1 atom stereocenters. The maximum Gasteiger partial charge on any atom is 0.237 e. The second-order valence-corrected chi connectivity index (χ2v) is 10.7. The van der Waals surface area contributed by atoms with E-state index in [1.807, 2.05) is 6.92 Å². The molecule has 8 nitrogen and oxygen atoms in total. The number of carbonyl (C=O) groups excluding carboxylic acids is 2. The third-order valence-electron chi connectivity index (χ3n) is 4.85. The molecule has 172 valence electrons. The Labute approximate surface area is 195 Å². The van der Waals surface area contributed by atoms with Crippen LogP contribution in [0.3, 0.4) is 0 Å². The Morgan fingerprint density at radius 2 is 1.91 bits per heavy atom. The number of thioether (sulfide) groups is 1. The van der Waals surface area contributed by atoms with Gasteiger partial charge in [0.1, 0.15) is 11.5 Å². The summed E-state index contributed by atoms with van der Waals surface area (Å²) in [7, 11) is -0.867. The van der Waals surface area contributed by atoms with Gasteiger partial charge in [0.05, 0.1) is 46.5 Å². The maximum atomic E-state index is 12.8. The summed E-state index contributed by atoms with van der Waals surface area (Å²) in [6, 6.07) is 7.61. The maximum absolute atomic E-state index is 12.8. The molecule has 0 spiro atoms. The van der Waals surface area contributed by atoms with Gasteiger partial charge in [-0.2, -0.15) is 0 Å². The van der Waals surface area contributed by atoms with Crippen molar-refractivity contribution in [2.75, 3.05) is 30.6 Å². The van der Waals surface area contributed by atoms with Gasteiger partial charge in [-0.25, -0.2) is 8.42 Å².